The van der Waals surface area contributed by atoms with Crippen molar-refractivity contribution in [3.05, 3.63) is 52.7 Å². The van der Waals surface area contributed by atoms with Gasteiger partial charge in [-0.25, -0.2) is 0 Å². The average molecular weight is 452 g/mol. The SMILES string of the molecule is O=C(NC1CCC(CNc2n[nH]c3cccnc23)CC1)c1cc(C(F)(F)F)ccc1Cl. The van der Waals surface area contributed by atoms with Crippen molar-refractivity contribution in [2.45, 2.75) is 37.9 Å². The van der Waals surface area contributed by atoms with Gasteiger partial charge in [-0.2, -0.15) is 18.3 Å². The summed E-state index contributed by atoms with van der Waals surface area (Å²) in [6, 6.07) is 6.43. The maximum absolute atomic E-state index is 12.9. The number of pyridine rings is 1. The molecule has 1 amide bonds. The molecule has 6 nitrogen and oxygen atoms in total. The van der Waals surface area contributed by atoms with Crippen LogP contribution in [0.15, 0.2) is 36.5 Å². The predicted molar refractivity (Wildman–Crippen MR) is 112 cm³/mol. The van der Waals surface area contributed by atoms with Crippen LogP contribution >= 0.6 is 11.6 Å². The van der Waals surface area contributed by atoms with E-state index in [2.05, 4.69) is 25.8 Å². The number of nitrogens with one attached hydrogen (secondary N) is 3. The summed E-state index contributed by atoms with van der Waals surface area (Å²) in [5.74, 6) is 0.540. The molecule has 3 aromatic rings. The standard InChI is InChI=1S/C21H21ClF3N5O/c22-16-8-5-13(21(23,24)25)10-15(16)20(31)28-14-6-3-12(4-7-14)11-27-19-18-17(29-30-19)2-1-9-26-18/h1-2,5,8-10,12,14H,3-4,6-7,11H2,(H,28,31)(H2,27,29,30). The molecule has 0 spiro atoms. The van der Waals surface area contributed by atoms with Gasteiger partial charge in [0, 0.05) is 18.8 Å². The Balaban J connectivity index is 1.30. The highest BCUT2D eigenvalue weighted by molar-refractivity contribution is 6.33. The van der Waals surface area contributed by atoms with Crippen LogP contribution in [0.2, 0.25) is 5.02 Å². The minimum atomic E-state index is -4.53. The van der Waals surface area contributed by atoms with Gasteiger partial charge in [0.1, 0.15) is 5.52 Å². The van der Waals surface area contributed by atoms with E-state index in [4.69, 9.17) is 11.6 Å². The van der Waals surface area contributed by atoms with Crippen LogP contribution < -0.4 is 10.6 Å². The Morgan fingerprint density at radius 1 is 1.19 bits per heavy atom. The van der Waals surface area contributed by atoms with E-state index in [1.54, 1.807) is 6.20 Å². The van der Waals surface area contributed by atoms with Gasteiger partial charge in [0.05, 0.1) is 21.7 Å². The summed E-state index contributed by atoms with van der Waals surface area (Å²) in [6.07, 6.45) is 0.435. The lowest BCUT2D eigenvalue weighted by Gasteiger charge is -2.29. The highest BCUT2D eigenvalue weighted by atomic mass is 35.5. The second kappa shape index (κ2) is 8.74. The van der Waals surface area contributed by atoms with Crippen molar-refractivity contribution in [1.82, 2.24) is 20.5 Å². The molecule has 164 valence electrons. The number of benzene rings is 1. The number of anilines is 1. The van der Waals surface area contributed by atoms with E-state index in [9.17, 15) is 18.0 Å². The number of aromatic amines is 1. The molecule has 1 saturated carbocycles. The van der Waals surface area contributed by atoms with E-state index in [0.717, 1.165) is 61.5 Å². The highest BCUT2D eigenvalue weighted by Gasteiger charge is 2.32. The third kappa shape index (κ3) is 4.92. The van der Waals surface area contributed by atoms with Crippen molar-refractivity contribution in [2.75, 3.05) is 11.9 Å². The molecule has 0 saturated heterocycles. The topological polar surface area (TPSA) is 82.7 Å². The van der Waals surface area contributed by atoms with E-state index in [1.165, 1.54) is 0 Å². The molecule has 2 aromatic heterocycles. The Morgan fingerprint density at radius 3 is 2.71 bits per heavy atom. The van der Waals surface area contributed by atoms with Crippen molar-refractivity contribution in [2.24, 2.45) is 5.92 Å². The number of alkyl halides is 3. The van der Waals surface area contributed by atoms with Gasteiger partial charge in [-0.1, -0.05) is 11.6 Å². The smallest absolute Gasteiger partial charge is 0.367 e. The normalized spacial score (nSPS) is 19.4. The van der Waals surface area contributed by atoms with Crippen molar-refractivity contribution in [1.29, 1.82) is 0 Å². The summed E-state index contributed by atoms with van der Waals surface area (Å²) in [5, 5.41) is 13.4. The van der Waals surface area contributed by atoms with Gasteiger partial charge >= 0.3 is 6.18 Å². The van der Waals surface area contributed by atoms with Crippen LogP contribution in [-0.4, -0.2) is 33.7 Å². The highest BCUT2D eigenvalue weighted by Crippen LogP contribution is 2.32. The summed E-state index contributed by atoms with van der Waals surface area (Å²) in [6.45, 7) is 0.733. The lowest BCUT2D eigenvalue weighted by atomic mass is 9.86. The van der Waals surface area contributed by atoms with Crippen LogP contribution in [0.4, 0.5) is 19.0 Å². The number of amides is 1. The molecule has 0 unspecified atom stereocenters. The van der Waals surface area contributed by atoms with E-state index in [0.29, 0.717) is 11.7 Å². The Labute approximate surface area is 181 Å². The minimum absolute atomic E-state index is 0.00299. The third-order valence-electron chi connectivity index (χ3n) is 5.60. The van der Waals surface area contributed by atoms with Gasteiger partial charge in [-0.15, -0.1) is 0 Å². The van der Waals surface area contributed by atoms with Gasteiger partial charge in [0.2, 0.25) is 0 Å². The second-order valence-corrected chi connectivity index (χ2v) is 8.14. The molecule has 0 aliphatic heterocycles. The summed E-state index contributed by atoms with van der Waals surface area (Å²) < 4.78 is 38.8. The van der Waals surface area contributed by atoms with Crippen molar-refractivity contribution < 1.29 is 18.0 Å². The van der Waals surface area contributed by atoms with Gasteiger partial charge in [0.15, 0.2) is 5.82 Å². The molecule has 10 heteroatoms. The summed E-state index contributed by atoms with van der Waals surface area (Å²) in [7, 11) is 0. The number of rotatable bonds is 5. The quantitative estimate of drug-likeness (QED) is 0.508. The molecule has 31 heavy (non-hydrogen) atoms. The monoisotopic (exact) mass is 451 g/mol. The zero-order chi connectivity index (χ0) is 22.0. The molecule has 1 aliphatic carbocycles. The fraction of sp³-hybridized carbons (Fsp3) is 0.381. The van der Waals surface area contributed by atoms with Gasteiger partial charge in [-0.3, -0.25) is 14.9 Å². The molecular formula is C21H21ClF3N5O. The summed E-state index contributed by atoms with van der Waals surface area (Å²) in [4.78, 5) is 16.8. The van der Waals surface area contributed by atoms with Gasteiger partial charge in [-0.05, 0) is 61.9 Å². The Morgan fingerprint density at radius 2 is 1.97 bits per heavy atom. The zero-order valence-corrected chi connectivity index (χ0v) is 17.2. The molecule has 4 rings (SSSR count). The first-order valence-corrected chi connectivity index (χ1v) is 10.4. The number of halogens is 4. The van der Waals surface area contributed by atoms with Crippen LogP contribution in [0.5, 0.6) is 0 Å². The van der Waals surface area contributed by atoms with Crippen LogP contribution in [0.3, 0.4) is 0 Å². The average Bonchev–Trinajstić information content (AvgIpc) is 3.16. The number of H-pyrrole nitrogens is 1. The molecule has 1 aliphatic rings. The number of aromatic nitrogens is 3. The lowest BCUT2D eigenvalue weighted by Crippen LogP contribution is -2.38. The number of nitrogens with zero attached hydrogens (tertiary/aromatic N) is 2. The molecule has 1 fully saturated rings. The van der Waals surface area contributed by atoms with Crippen molar-refractivity contribution in [3.63, 3.8) is 0 Å². The van der Waals surface area contributed by atoms with Crippen molar-refractivity contribution in [3.8, 4) is 0 Å². The molecule has 0 radical (unpaired) electrons. The number of fused-ring (bicyclic) bond motifs is 1. The second-order valence-electron chi connectivity index (χ2n) is 7.74. The Hall–Kier alpha value is -2.81. The molecular weight excluding hydrogens is 431 g/mol. The summed E-state index contributed by atoms with van der Waals surface area (Å²) >= 11 is 5.96. The van der Waals surface area contributed by atoms with Crippen molar-refractivity contribution >= 4 is 34.4 Å². The molecule has 3 N–H and O–H groups in total. The first kappa shape index (κ1) is 21.4. The minimum Gasteiger partial charge on any atom is -0.367 e. The number of hydrogen-bond acceptors (Lipinski definition) is 4. The van der Waals surface area contributed by atoms with Gasteiger partial charge < -0.3 is 10.6 Å². The first-order valence-electron chi connectivity index (χ1n) is 10.0. The fourth-order valence-corrected chi connectivity index (χ4v) is 4.07. The molecule has 1 aromatic carbocycles. The molecule has 0 bridgehead atoms. The zero-order valence-electron chi connectivity index (χ0n) is 16.5. The molecule has 0 atom stereocenters. The predicted octanol–water partition coefficient (Wildman–Crippen LogP) is 5.03. The molecule has 2 heterocycles. The van der Waals surface area contributed by atoms with Crippen LogP contribution in [0.25, 0.3) is 11.0 Å². The largest absolute Gasteiger partial charge is 0.416 e. The van der Waals surface area contributed by atoms with E-state index >= 15 is 0 Å². The Kier molecular flexibility index (Phi) is 6.04. The van der Waals surface area contributed by atoms with E-state index in [1.807, 2.05) is 12.1 Å². The first-order chi connectivity index (χ1) is 14.8. The number of hydrogen-bond donors (Lipinski definition) is 3. The van der Waals surface area contributed by atoms with Gasteiger partial charge in [0.25, 0.3) is 5.91 Å². The lowest BCUT2D eigenvalue weighted by molar-refractivity contribution is -0.137. The number of carbonyl (C=O) groups excluding carboxylic acids is 1. The van der Waals surface area contributed by atoms with Crippen LogP contribution in [-0.2, 0) is 6.18 Å². The van der Waals surface area contributed by atoms with Crippen LogP contribution in [0, 0.1) is 5.92 Å². The van der Waals surface area contributed by atoms with E-state index < -0.39 is 17.6 Å². The maximum atomic E-state index is 12.9. The Bertz CT molecular complexity index is 1080. The third-order valence-corrected chi connectivity index (χ3v) is 5.93. The van der Waals surface area contributed by atoms with E-state index in [-0.39, 0.29) is 16.6 Å². The fourth-order valence-electron chi connectivity index (χ4n) is 3.87. The van der Waals surface area contributed by atoms with Crippen LogP contribution in [0.1, 0.15) is 41.6 Å². The summed E-state index contributed by atoms with van der Waals surface area (Å²) in [5.41, 5.74) is 0.612. The number of carbonyl (C=O) groups is 1. The maximum Gasteiger partial charge on any atom is 0.416 e.